The monoisotopic (exact) mass is 297 g/mol. The van der Waals surface area contributed by atoms with Gasteiger partial charge in [0.2, 0.25) is 0 Å². The second-order valence-electron chi connectivity index (χ2n) is 3.62. The van der Waals surface area contributed by atoms with Crippen molar-refractivity contribution in [3.8, 4) is 11.5 Å². The lowest BCUT2D eigenvalue weighted by Gasteiger charge is -2.11. The summed E-state index contributed by atoms with van der Waals surface area (Å²) in [6.07, 6.45) is 0. The molecule has 0 saturated heterocycles. The maximum Gasteiger partial charge on any atom is 0.267 e. The summed E-state index contributed by atoms with van der Waals surface area (Å²) < 4.78 is 10.3. The number of thiophene rings is 1. The van der Waals surface area contributed by atoms with Crippen molar-refractivity contribution >= 4 is 34.5 Å². The van der Waals surface area contributed by atoms with E-state index in [4.69, 9.17) is 21.1 Å². The quantitative estimate of drug-likeness (QED) is 0.936. The molecule has 19 heavy (non-hydrogen) atoms. The summed E-state index contributed by atoms with van der Waals surface area (Å²) in [5, 5.41) is 4.96. The number of halogens is 1. The molecule has 100 valence electrons. The molecule has 4 nitrogen and oxygen atoms in total. The summed E-state index contributed by atoms with van der Waals surface area (Å²) in [5.74, 6) is 0.918. The van der Waals surface area contributed by atoms with Crippen molar-refractivity contribution in [1.29, 1.82) is 0 Å². The van der Waals surface area contributed by atoms with Crippen LogP contribution in [0.5, 0.6) is 11.5 Å². The number of rotatable bonds is 4. The average molecular weight is 298 g/mol. The number of ether oxygens (including phenoxy) is 2. The van der Waals surface area contributed by atoms with Crippen molar-refractivity contribution in [3.63, 3.8) is 0 Å². The number of hydrogen-bond donors (Lipinski definition) is 1. The molecular formula is C13H12ClNO3S. The van der Waals surface area contributed by atoms with E-state index in [1.165, 1.54) is 18.4 Å². The Morgan fingerprint density at radius 3 is 2.63 bits per heavy atom. The standard InChI is InChI=1S/C13H12ClNO3S/c1-17-8-3-4-11(18-2)10(7-8)15-13(16)12-9(14)5-6-19-12/h3-7H,1-2H3,(H,15,16). The maximum atomic E-state index is 12.1. The molecule has 1 amide bonds. The normalized spacial score (nSPS) is 10.1. The van der Waals surface area contributed by atoms with Gasteiger partial charge in [0, 0.05) is 6.07 Å². The lowest BCUT2D eigenvalue weighted by atomic mass is 10.2. The first-order valence-electron chi connectivity index (χ1n) is 5.42. The van der Waals surface area contributed by atoms with Crippen molar-refractivity contribution in [2.24, 2.45) is 0 Å². The molecule has 0 aliphatic carbocycles. The second-order valence-corrected chi connectivity index (χ2v) is 4.94. The first-order chi connectivity index (χ1) is 9.15. The second kappa shape index (κ2) is 5.95. The molecule has 0 saturated carbocycles. The van der Waals surface area contributed by atoms with Crippen molar-refractivity contribution in [3.05, 3.63) is 39.5 Å². The van der Waals surface area contributed by atoms with Gasteiger partial charge in [0.25, 0.3) is 5.91 Å². The zero-order chi connectivity index (χ0) is 13.8. The van der Waals surface area contributed by atoms with Crippen LogP contribution in [0.1, 0.15) is 9.67 Å². The van der Waals surface area contributed by atoms with Gasteiger partial charge in [0.1, 0.15) is 16.4 Å². The summed E-state index contributed by atoms with van der Waals surface area (Å²) >= 11 is 7.21. The lowest BCUT2D eigenvalue weighted by molar-refractivity contribution is 0.103. The highest BCUT2D eigenvalue weighted by Crippen LogP contribution is 2.30. The van der Waals surface area contributed by atoms with Gasteiger partial charge in [0.15, 0.2) is 0 Å². The fourth-order valence-electron chi connectivity index (χ4n) is 1.55. The first-order valence-corrected chi connectivity index (χ1v) is 6.68. The van der Waals surface area contributed by atoms with Crippen LogP contribution in [-0.4, -0.2) is 20.1 Å². The van der Waals surface area contributed by atoms with Gasteiger partial charge in [-0.25, -0.2) is 0 Å². The molecule has 0 atom stereocenters. The predicted octanol–water partition coefficient (Wildman–Crippen LogP) is 3.67. The number of nitrogens with one attached hydrogen (secondary N) is 1. The van der Waals surface area contributed by atoms with Crippen LogP contribution in [0.25, 0.3) is 0 Å². The number of hydrogen-bond acceptors (Lipinski definition) is 4. The van der Waals surface area contributed by atoms with Crippen LogP contribution in [0.4, 0.5) is 5.69 Å². The van der Waals surface area contributed by atoms with E-state index in [-0.39, 0.29) is 5.91 Å². The number of carbonyl (C=O) groups is 1. The number of carbonyl (C=O) groups excluding carboxylic acids is 1. The van der Waals surface area contributed by atoms with Gasteiger partial charge in [0.05, 0.1) is 24.9 Å². The number of amides is 1. The third kappa shape index (κ3) is 3.00. The molecule has 1 aromatic heterocycles. The van der Waals surface area contributed by atoms with E-state index in [0.29, 0.717) is 27.1 Å². The summed E-state index contributed by atoms with van der Waals surface area (Å²) in [5.41, 5.74) is 0.538. The fraction of sp³-hybridized carbons (Fsp3) is 0.154. The fourth-order valence-corrected chi connectivity index (χ4v) is 2.58. The van der Waals surface area contributed by atoms with Gasteiger partial charge >= 0.3 is 0 Å². The molecule has 6 heteroatoms. The molecule has 0 aliphatic heterocycles. The van der Waals surface area contributed by atoms with Gasteiger partial charge in [-0.1, -0.05) is 11.6 Å². The van der Waals surface area contributed by atoms with E-state index >= 15 is 0 Å². The van der Waals surface area contributed by atoms with Crippen LogP contribution in [0.15, 0.2) is 29.6 Å². The van der Waals surface area contributed by atoms with E-state index < -0.39 is 0 Å². The molecule has 1 aromatic carbocycles. The van der Waals surface area contributed by atoms with E-state index in [2.05, 4.69) is 5.32 Å². The largest absolute Gasteiger partial charge is 0.497 e. The smallest absolute Gasteiger partial charge is 0.267 e. The molecule has 0 bridgehead atoms. The Bertz CT molecular complexity index is 597. The van der Waals surface area contributed by atoms with Crippen molar-refractivity contribution in [2.45, 2.75) is 0 Å². The van der Waals surface area contributed by atoms with Gasteiger partial charge < -0.3 is 14.8 Å². The highest BCUT2D eigenvalue weighted by Gasteiger charge is 2.14. The minimum Gasteiger partial charge on any atom is -0.497 e. The van der Waals surface area contributed by atoms with Gasteiger partial charge in [-0.15, -0.1) is 11.3 Å². The molecule has 2 rings (SSSR count). The number of methoxy groups -OCH3 is 2. The Kier molecular flexibility index (Phi) is 4.29. The summed E-state index contributed by atoms with van der Waals surface area (Å²) in [6.45, 7) is 0. The van der Waals surface area contributed by atoms with Gasteiger partial charge in [-0.3, -0.25) is 4.79 Å². The zero-order valence-electron chi connectivity index (χ0n) is 10.4. The Hall–Kier alpha value is -1.72. The summed E-state index contributed by atoms with van der Waals surface area (Å²) in [7, 11) is 3.10. The molecule has 0 aliphatic rings. The van der Waals surface area contributed by atoms with Crippen molar-refractivity contribution < 1.29 is 14.3 Å². The van der Waals surface area contributed by atoms with Gasteiger partial charge in [-0.05, 0) is 23.6 Å². The van der Waals surface area contributed by atoms with E-state index in [1.807, 2.05) is 0 Å². The highest BCUT2D eigenvalue weighted by atomic mass is 35.5. The highest BCUT2D eigenvalue weighted by molar-refractivity contribution is 7.12. The van der Waals surface area contributed by atoms with Crippen LogP contribution in [0.2, 0.25) is 5.02 Å². The van der Waals surface area contributed by atoms with Crippen LogP contribution in [-0.2, 0) is 0 Å². The molecule has 2 aromatic rings. The molecule has 0 radical (unpaired) electrons. The third-order valence-electron chi connectivity index (χ3n) is 2.48. The molecule has 0 unspecified atom stereocenters. The maximum absolute atomic E-state index is 12.1. The SMILES string of the molecule is COc1ccc(OC)c(NC(=O)c2sccc2Cl)c1. The third-order valence-corrected chi connectivity index (χ3v) is 3.82. The van der Waals surface area contributed by atoms with Crippen LogP contribution in [0, 0.1) is 0 Å². The molecule has 0 fully saturated rings. The first kappa shape index (κ1) is 13.7. The average Bonchev–Trinajstić information content (AvgIpc) is 2.85. The zero-order valence-corrected chi connectivity index (χ0v) is 12.0. The van der Waals surface area contributed by atoms with Crippen LogP contribution >= 0.6 is 22.9 Å². The number of anilines is 1. The van der Waals surface area contributed by atoms with E-state index in [1.54, 1.807) is 36.8 Å². The van der Waals surface area contributed by atoms with E-state index in [9.17, 15) is 4.79 Å². The number of benzene rings is 1. The van der Waals surface area contributed by atoms with E-state index in [0.717, 1.165) is 0 Å². The molecule has 1 heterocycles. The van der Waals surface area contributed by atoms with Crippen LogP contribution in [0.3, 0.4) is 0 Å². The minimum atomic E-state index is -0.272. The Morgan fingerprint density at radius 2 is 2.05 bits per heavy atom. The topological polar surface area (TPSA) is 47.6 Å². The summed E-state index contributed by atoms with van der Waals surface area (Å²) in [4.78, 5) is 12.5. The minimum absolute atomic E-state index is 0.272. The molecule has 1 N–H and O–H groups in total. The van der Waals surface area contributed by atoms with Crippen LogP contribution < -0.4 is 14.8 Å². The Balaban J connectivity index is 2.27. The Labute approximate surface area is 119 Å². The van der Waals surface area contributed by atoms with Crippen molar-refractivity contribution in [1.82, 2.24) is 0 Å². The predicted molar refractivity (Wildman–Crippen MR) is 76.8 cm³/mol. The Morgan fingerprint density at radius 1 is 1.26 bits per heavy atom. The molecular weight excluding hydrogens is 286 g/mol. The lowest BCUT2D eigenvalue weighted by Crippen LogP contribution is -2.11. The van der Waals surface area contributed by atoms with Crippen molar-refractivity contribution in [2.75, 3.05) is 19.5 Å². The van der Waals surface area contributed by atoms with Gasteiger partial charge in [-0.2, -0.15) is 0 Å². The summed E-state index contributed by atoms with van der Waals surface area (Å²) in [6, 6.07) is 6.86. The molecule has 0 spiro atoms.